The average Bonchev–Trinajstić information content (AvgIpc) is 3.07. The first kappa shape index (κ1) is 19.0. The molecule has 1 aliphatic heterocycles. The molecule has 0 aromatic heterocycles. The molecule has 1 saturated carbocycles. The molecule has 1 saturated heterocycles. The molecule has 1 atom stereocenters. The summed E-state index contributed by atoms with van der Waals surface area (Å²) in [5.74, 6) is 1.99. The largest absolute Gasteiger partial charge is 0.384 e. The lowest BCUT2D eigenvalue weighted by atomic mass is 9.89. The molecule has 1 aliphatic carbocycles. The molecule has 0 bridgehead atoms. The van der Waals surface area contributed by atoms with Crippen molar-refractivity contribution in [1.29, 1.82) is 0 Å². The van der Waals surface area contributed by atoms with Gasteiger partial charge in [0.1, 0.15) is 0 Å². The number of likely N-dealkylation sites (tertiary alicyclic amines) is 1. The van der Waals surface area contributed by atoms with Crippen LogP contribution >= 0.6 is 0 Å². The number of nitrogens with one attached hydrogen (secondary N) is 2. The Morgan fingerprint density at radius 3 is 2.71 bits per heavy atom. The van der Waals surface area contributed by atoms with Gasteiger partial charge in [-0.25, -0.2) is 0 Å². The first-order valence-electron chi connectivity index (χ1n) is 9.54. The quantitative estimate of drug-likeness (QED) is 0.420. The van der Waals surface area contributed by atoms with Crippen LogP contribution in [-0.2, 0) is 9.53 Å². The molecular formula is C18H34N4O2. The Balaban J connectivity index is 1.73. The van der Waals surface area contributed by atoms with E-state index in [1.54, 1.807) is 7.11 Å². The maximum Gasteiger partial charge on any atom is 0.223 e. The second kappa shape index (κ2) is 10.5. The van der Waals surface area contributed by atoms with Crippen LogP contribution in [0.25, 0.3) is 0 Å². The number of carbonyl (C=O) groups is 1. The number of guanidine groups is 1. The lowest BCUT2D eigenvalue weighted by molar-refractivity contribution is -0.125. The van der Waals surface area contributed by atoms with Crippen molar-refractivity contribution in [3.05, 3.63) is 0 Å². The number of methoxy groups -OCH3 is 1. The molecule has 0 aromatic rings. The van der Waals surface area contributed by atoms with Gasteiger partial charge in [-0.2, -0.15) is 0 Å². The summed E-state index contributed by atoms with van der Waals surface area (Å²) in [6, 6.07) is 0. The lowest BCUT2D eigenvalue weighted by Gasteiger charge is -2.22. The SMILES string of the molecule is CCNC(=NCCNC(=O)C1CCCCC1)N1CCC(COC)C1. The zero-order chi connectivity index (χ0) is 17.2. The maximum absolute atomic E-state index is 12.1. The van der Waals surface area contributed by atoms with E-state index in [0.29, 0.717) is 19.0 Å². The predicted octanol–water partition coefficient (Wildman–Crippen LogP) is 1.62. The van der Waals surface area contributed by atoms with Gasteiger partial charge in [-0.05, 0) is 26.2 Å². The van der Waals surface area contributed by atoms with Crippen molar-refractivity contribution < 1.29 is 9.53 Å². The van der Waals surface area contributed by atoms with Crippen LogP contribution in [0.4, 0.5) is 0 Å². The van der Waals surface area contributed by atoms with Crippen molar-refractivity contribution in [2.75, 3.05) is 46.4 Å². The van der Waals surface area contributed by atoms with Crippen LogP contribution in [0.5, 0.6) is 0 Å². The third-order valence-corrected chi connectivity index (χ3v) is 4.97. The molecule has 6 heteroatoms. The number of amides is 1. The Bertz CT molecular complexity index is 408. The third kappa shape index (κ3) is 5.96. The molecule has 1 unspecified atom stereocenters. The van der Waals surface area contributed by atoms with Crippen molar-refractivity contribution in [3.63, 3.8) is 0 Å². The third-order valence-electron chi connectivity index (χ3n) is 4.97. The molecule has 0 spiro atoms. The van der Waals surface area contributed by atoms with E-state index in [2.05, 4.69) is 27.4 Å². The Hall–Kier alpha value is -1.30. The summed E-state index contributed by atoms with van der Waals surface area (Å²) in [6.45, 7) is 7.03. The molecule has 2 N–H and O–H groups in total. The zero-order valence-corrected chi connectivity index (χ0v) is 15.4. The van der Waals surface area contributed by atoms with E-state index < -0.39 is 0 Å². The zero-order valence-electron chi connectivity index (χ0n) is 15.4. The Kier molecular flexibility index (Phi) is 8.36. The molecule has 0 radical (unpaired) electrons. The highest BCUT2D eigenvalue weighted by atomic mass is 16.5. The van der Waals surface area contributed by atoms with Gasteiger partial charge in [0.2, 0.25) is 5.91 Å². The van der Waals surface area contributed by atoms with Gasteiger partial charge in [0, 0.05) is 45.1 Å². The summed E-state index contributed by atoms with van der Waals surface area (Å²) in [5, 5.41) is 6.42. The molecule has 24 heavy (non-hydrogen) atoms. The standard InChI is InChI=1S/C18H34N4O2/c1-3-19-18(22-12-9-15(13-22)14-24-2)21-11-10-20-17(23)16-7-5-4-6-8-16/h15-16H,3-14H2,1-2H3,(H,19,21)(H,20,23). The molecule has 138 valence electrons. The van der Waals surface area contributed by atoms with E-state index in [-0.39, 0.29) is 11.8 Å². The number of rotatable bonds is 7. The number of nitrogens with zero attached hydrogens (tertiary/aromatic N) is 2. The van der Waals surface area contributed by atoms with Gasteiger partial charge in [0.25, 0.3) is 0 Å². The minimum absolute atomic E-state index is 0.219. The van der Waals surface area contributed by atoms with Crippen LogP contribution in [-0.4, -0.2) is 63.2 Å². The summed E-state index contributed by atoms with van der Waals surface area (Å²) in [5.41, 5.74) is 0. The van der Waals surface area contributed by atoms with Gasteiger partial charge in [0.15, 0.2) is 5.96 Å². The summed E-state index contributed by atoms with van der Waals surface area (Å²) in [7, 11) is 1.76. The summed E-state index contributed by atoms with van der Waals surface area (Å²) >= 11 is 0. The molecule has 2 fully saturated rings. The number of carbonyl (C=O) groups excluding carboxylic acids is 1. The highest BCUT2D eigenvalue weighted by Gasteiger charge is 2.24. The normalized spacial score (nSPS) is 22.7. The number of hydrogen-bond donors (Lipinski definition) is 2. The fourth-order valence-electron chi connectivity index (χ4n) is 3.67. The van der Waals surface area contributed by atoms with Gasteiger partial charge in [0.05, 0.1) is 13.2 Å². The van der Waals surface area contributed by atoms with E-state index in [0.717, 1.165) is 51.5 Å². The van der Waals surface area contributed by atoms with Crippen LogP contribution in [0, 0.1) is 11.8 Å². The minimum atomic E-state index is 0.219. The molecule has 6 nitrogen and oxygen atoms in total. The molecular weight excluding hydrogens is 304 g/mol. The predicted molar refractivity (Wildman–Crippen MR) is 97.1 cm³/mol. The van der Waals surface area contributed by atoms with Crippen LogP contribution < -0.4 is 10.6 Å². The fraction of sp³-hybridized carbons (Fsp3) is 0.889. The van der Waals surface area contributed by atoms with Gasteiger partial charge in [-0.3, -0.25) is 9.79 Å². The Morgan fingerprint density at radius 1 is 1.21 bits per heavy atom. The maximum atomic E-state index is 12.1. The van der Waals surface area contributed by atoms with E-state index in [4.69, 9.17) is 4.74 Å². The summed E-state index contributed by atoms with van der Waals surface area (Å²) < 4.78 is 5.26. The number of ether oxygens (including phenoxy) is 1. The van der Waals surface area contributed by atoms with Gasteiger partial charge < -0.3 is 20.3 Å². The van der Waals surface area contributed by atoms with Crippen molar-refractivity contribution in [2.45, 2.75) is 45.4 Å². The highest BCUT2D eigenvalue weighted by Crippen LogP contribution is 2.23. The first-order chi connectivity index (χ1) is 11.7. The van der Waals surface area contributed by atoms with Gasteiger partial charge in [-0.1, -0.05) is 19.3 Å². The van der Waals surface area contributed by atoms with Gasteiger partial charge >= 0.3 is 0 Å². The highest BCUT2D eigenvalue weighted by molar-refractivity contribution is 5.80. The Labute approximate surface area is 146 Å². The molecule has 0 aromatic carbocycles. The van der Waals surface area contributed by atoms with Crippen molar-refractivity contribution in [1.82, 2.24) is 15.5 Å². The van der Waals surface area contributed by atoms with E-state index in [1.807, 2.05) is 0 Å². The lowest BCUT2D eigenvalue weighted by Crippen LogP contribution is -2.41. The van der Waals surface area contributed by atoms with Crippen molar-refractivity contribution in [3.8, 4) is 0 Å². The molecule has 1 heterocycles. The Morgan fingerprint density at radius 2 is 2.00 bits per heavy atom. The van der Waals surface area contributed by atoms with E-state index in [9.17, 15) is 4.79 Å². The summed E-state index contributed by atoms with van der Waals surface area (Å²) in [6.07, 6.45) is 6.91. The first-order valence-corrected chi connectivity index (χ1v) is 9.54. The second-order valence-electron chi connectivity index (χ2n) is 6.92. The number of hydrogen-bond acceptors (Lipinski definition) is 3. The van der Waals surface area contributed by atoms with Crippen LogP contribution in [0.2, 0.25) is 0 Å². The molecule has 2 aliphatic rings. The average molecular weight is 338 g/mol. The summed E-state index contributed by atoms with van der Waals surface area (Å²) in [4.78, 5) is 19.1. The topological polar surface area (TPSA) is 66.0 Å². The van der Waals surface area contributed by atoms with Crippen LogP contribution in [0.15, 0.2) is 4.99 Å². The van der Waals surface area contributed by atoms with Crippen molar-refractivity contribution >= 4 is 11.9 Å². The van der Waals surface area contributed by atoms with Crippen LogP contribution in [0.1, 0.15) is 45.4 Å². The van der Waals surface area contributed by atoms with Crippen molar-refractivity contribution in [2.24, 2.45) is 16.8 Å². The number of aliphatic imine (C=N–C) groups is 1. The van der Waals surface area contributed by atoms with Crippen LogP contribution in [0.3, 0.4) is 0 Å². The minimum Gasteiger partial charge on any atom is -0.384 e. The van der Waals surface area contributed by atoms with Gasteiger partial charge in [-0.15, -0.1) is 0 Å². The molecule has 2 rings (SSSR count). The molecule has 1 amide bonds. The second-order valence-corrected chi connectivity index (χ2v) is 6.92. The smallest absolute Gasteiger partial charge is 0.223 e. The fourth-order valence-corrected chi connectivity index (χ4v) is 3.67. The van der Waals surface area contributed by atoms with E-state index >= 15 is 0 Å². The van der Waals surface area contributed by atoms with E-state index in [1.165, 1.54) is 19.3 Å². The monoisotopic (exact) mass is 338 g/mol.